The Bertz CT molecular complexity index is 25.6. The highest BCUT2D eigenvalue weighted by atomic mass is 127. The summed E-state index contributed by atoms with van der Waals surface area (Å²) in [4.78, 5) is 0. The lowest BCUT2D eigenvalue weighted by Crippen LogP contribution is -1.41. The van der Waals surface area contributed by atoms with Crippen LogP contribution in [0.1, 0.15) is 0 Å². The van der Waals surface area contributed by atoms with Crippen LogP contribution in [0.4, 0.5) is 0 Å². The molecule has 0 aromatic heterocycles. The zero-order valence-electron chi connectivity index (χ0n) is 3.11. The van der Waals surface area contributed by atoms with Gasteiger partial charge in [0.25, 0.3) is 0 Å². The van der Waals surface area contributed by atoms with Crippen molar-refractivity contribution < 1.29 is 0 Å². The quantitative estimate of drug-likeness (QED) is 0.249. The maximum absolute atomic E-state index is 6.66. The molecule has 0 aliphatic heterocycles. The van der Waals surface area contributed by atoms with Crippen LogP contribution >= 0.6 is 31.0 Å². The van der Waals surface area contributed by atoms with Crippen molar-refractivity contribution in [2.24, 2.45) is 0 Å². The Balaban J connectivity index is 2.54. The average Bonchev–Trinajstić information content (AvgIpc) is 1.38. The Kier molecular flexibility index (Phi) is 3.61. The minimum absolute atomic E-state index is 0.785. The van der Waals surface area contributed by atoms with Gasteiger partial charge >= 0.3 is 0 Å². The highest BCUT2D eigenvalue weighted by Gasteiger charge is 1.57. The Morgan fingerprint density at radius 2 is 2.75 bits per heavy atom. The van der Waals surface area contributed by atoms with Gasteiger partial charge in [0.15, 0.2) is 0 Å². The monoisotopic (exact) mass is 186 g/mol. The fraction of sp³-hybridized carbons (Fsp3) is 1.00. The van der Waals surface area contributed by atoms with Gasteiger partial charge in [-0.2, -0.15) is 8.40 Å². The van der Waals surface area contributed by atoms with Crippen LogP contribution in [0.2, 0.25) is 0 Å². The molecule has 0 N–H and O–H groups in total. The molecule has 0 aliphatic carbocycles. The minimum Gasteiger partial charge on any atom is -0.162 e. The number of alkyl halides is 1. The molecule has 0 bridgehead atoms. The fourth-order valence-corrected chi connectivity index (χ4v) is 0. The summed E-state index contributed by atoms with van der Waals surface area (Å²) in [6.45, 7) is 0. The minimum atomic E-state index is -0.862. The lowest BCUT2D eigenvalue weighted by atomic mass is 10.8. The molecule has 0 amide bonds. The van der Waals surface area contributed by atoms with E-state index >= 15 is 0 Å². The Morgan fingerprint density at radius 3 is 2.75 bits per heavy atom. The molecule has 0 fully saturated rings. The largest absolute Gasteiger partial charge is 0.162 e. The van der Waals surface area contributed by atoms with Gasteiger partial charge in [-0.05, 0) is 0 Å². The summed E-state index contributed by atoms with van der Waals surface area (Å²) in [5, 5.41) is 0. The zero-order chi connectivity index (χ0) is 4.28. The average molecular weight is 186 g/mol. The Morgan fingerprint density at radius 1 is 2.50 bits per heavy atom. The summed E-state index contributed by atoms with van der Waals surface area (Å²) in [5.41, 5.74) is 0. The predicted molar refractivity (Wildman–Crippen MR) is 33.0 cm³/mol. The maximum Gasteiger partial charge on any atom is 0.105 e. The van der Waals surface area contributed by atoms with Gasteiger partial charge in [0.1, 0.15) is 7.57 Å². The molecule has 1 atom stereocenters. The van der Waals surface area contributed by atoms with E-state index in [9.17, 15) is 0 Å². The van der Waals surface area contributed by atoms with Gasteiger partial charge in [-0.1, -0.05) is 22.6 Å². The van der Waals surface area contributed by atoms with E-state index < -0.39 is 8.40 Å². The van der Waals surface area contributed by atoms with Gasteiger partial charge in [-0.3, -0.25) is 0 Å². The van der Waals surface area contributed by atoms with Crippen molar-refractivity contribution in [3.05, 3.63) is 0 Å². The van der Waals surface area contributed by atoms with E-state index in [2.05, 4.69) is 22.6 Å². The number of rotatable bonds is 1. The van der Waals surface area contributed by atoms with E-state index in [1.807, 2.05) is 0 Å². The first-order chi connectivity index (χ1) is 2.27. The fourth-order valence-electron chi connectivity index (χ4n) is 0. The molecular formula is CH3BIP. The van der Waals surface area contributed by atoms with Crippen LogP contribution in [0.15, 0.2) is 0 Å². The van der Waals surface area contributed by atoms with Crippen molar-refractivity contribution in [3.8, 4) is 0 Å². The third kappa shape index (κ3) is 3.22. The van der Waals surface area contributed by atoms with Crippen LogP contribution in [0, 0.1) is 0 Å². The maximum atomic E-state index is 6.66. The molecule has 0 aliphatic rings. The van der Waals surface area contributed by atoms with Crippen LogP contribution in [0.25, 0.3) is 0 Å². The van der Waals surface area contributed by atoms with Crippen molar-refractivity contribution in [1.82, 2.24) is 0 Å². The summed E-state index contributed by atoms with van der Waals surface area (Å²) in [5.74, 6) is 0. The van der Waals surface area contributed by atoms with Crippen molar-refractivity contribution >= 4 is 38.6 Å². The van der Waals surface area contributed by atoms with E-state index in [1.54, 1.807) is 0 Å². The lowest BCUT2D eigenvalue weighted by Gasteiger charge is -1.67. The zero-order valence-corrected chi connectivity index (χ0v) is 5.16. The molecule has 22 valence electrons. The van der Waals surface area contributed by atoms with Gasteiger partial charge in [-0.15, -0.1) is 0 Å². The van der Waals surface area contributed by atoms with Crippen molar-refractivity contribution in [2.75, 3.05) is 4.17 Å². The van der Waals surface area contributed by atoms with Gasteiger partial charge in [-0.25, -0.2) is 0 Å². The number of hydrogen-bond donors (Lipinski definition) is 0. The van der Waals surface area contributed by atoms with Crippen molar-refractivity contribution in [3.63, 3.8) is 0 Å². The first-order valence-corrected chi connectivity index (χ1v) is 3.52. The molecule has 3 heteroatoms. The summed E-state index contributed by atoms with van der Waals surface area (Å²) < 4.78 is 7.45. The standard InChI is InChI=1S/CH3BIP/c2-4-1-3/h4H,1H2/i4T. The summed E-state index contributed by atoms with van der Waals surface area (Å²) in [6.07, 6.45) is 0. The van der Waals surface area contributed by atoms with Crippen molar-refractivity contribution in [2.45, 2.75) is 0 Å². The third-order valence-corrected chi connectivity index (χ3v) is 1.39. The SMILES string of the molecule is [3H]P([B])CI. The first kappa shape index (κ1) is 3.42. The Hall–Kier alpha value is 1.22. The van der Waals surface area contributed by atoms with Crippen LogP contribution in [-0.4, -0.2) is 13.0 Å². The van der Waals surface area contributed by atoms with E-state index in [-0.39, 0.29) is 0 Å². The van der Waals surface area contributed by atoms with Gasteiger partial charge < -0.3 is 0 Å². The highest BCUT2D eigenvalue weighted by Crippen LogP contribution is 2.02. The van der Waals surface area contributed by atoms with Crippen LogP contribution < -0.4 is 0 Å². The smallest absolute Gasteiger partial charge is 0.105 e. The van der Waals surface area contributed by atoms with E-state index in [1.165, 1.54) is 0 Å². The second kappa shape index (κ2) is 4.22. The number of halogens is 1. The van der Waals surface area contributed by atoms with E-state index in [0.29, 0.717) is 0 Å². The molecule has 0 aromatic carbocycles. The van der Waals surface area contributed by atoms with E-state index in [0.717, 1.165) is 4.17 Å². The predicted octanol–water partition coefficient (Wildman–Crippen LogP) is 1.14. The van der Waals surface area contributed by atoms with Gasteiger partial charge in [0.05, 0.1) is 0 Å². The molecule has 0 heterocycles. The van der Waals surface area contributed by atoms with Crippen molar-refractivity contribution in [1.29, 1.82) is 1.28 Å². The number of hydrogen-bond acceptors (Lipinski definition) is 0. The molecule has 0 spiro atoms. The summed E-state index contributed by atoms with van der Waals surface area (Å²) >= 11 is 2.09. The second-order valence-electron chi connectivity index (χ2n) is 0.302. The van der Waals surface area contributed by atoms with Gasteiger partial charge in [0.2, 0.25) is 0 Å². The molecule has 0 rings (SSSR count). The summed E-state index contributed by atoms with van der Waals surface area (Å²) in [6, 6.07) is 0. The van der Waals surface area contributed by atoms with E-state index in [4.69, 9.17) is 8.84 Å². The molecule has 4 heavy (non-hydrogen) atoms. The topological polar surface area (TPSA) is 0 Å². The normalized spacial score (nSPS) is 18.8. The molecular weight excluding hydrogens is 181 g/mol. The second-order valence-corrected chi connectivity index (χ2v) is 2.95. The molecule has 0 aromatic rings. The molecule has 0 saturated heterocycles. The van der Waals surface area contributed by atoms with Gasteiger partial charge in [0, 0.05) is 5.45 Å². The lowest BCUT2D eigenvalue weighted by molar-refractivity contribution is 2.43. The molecule has 0 saturated carbocycles. The van der Waals surface area contributed by atoms with Crippen LogP contribution in [0.5, 0.6) is 0 Å². The molecule has 2 radical (unpaired) electrons. The Labute approximate surface area is 44.3 Å². The molecule has 1 unspecified atom stereocenters. The third-order valence-electron chi connectivity index (χ3n) is 0.0690. The molecule has 0 nitrogen and oxygen atoms in total. The van der Waals surface area contributed by atoms with Crippen LogP contribution in [-0.2, 0) is 0 Å². The summed E-state index contributed by atoms with van der Waals surface area (Å²) in [7, 11) is 4.15. The first-order valence-electron chi connectivity index (χ1n) is 1.29. The van der Waals surface area contributed by atoms with Crippen LogP contribution in [0.3, 0.4) is 0 Å². The highest BCUT2D eigenvalue weighted by molar-refractivity contribution is 14.1.